The van der Waals surface area contributed by atoms with E-state index in [0.717, 1.165) is 6.54 Å². The summed E-state index contributed by atoms with van der Waals surface area (Å²) in [4.78, 5) is 18.2. The second-order valence-corrected chi connectivity index (χ2v) is 3.27. The first kappa shape index (κ1) is 14.4. The highest BCUT2D eigenvalue weighted by Gasteiger charge is 2.04. The molecule has 0 radical (unpaired) electrons. The van der Waals surface area contributed by atoms with Gasteiger partial charge >= 0.3 is 11.9 Å². The number of hydrogen-bond donors (Lipinski definition) is 3. The lowest BCUT2D eigenvalue weighted by Gasteiger charge is -1.99. The van der Waals surface area contributed by atoms with Crippen molar-refractivity contribution >= 4 is 11.9 Å². The van der Waals surface area contributed by atoms with Crippen LogP contribution in [0, 0.1) is 0 Å². The molecule has 3 N–H and O–H groups in total. The number of nitrogens with one attached hydrogen (secondary N) is 1. The molecule has 0 amide bonds. The van der Waals surface area contributed by atoms with Crippen LogP contribution >= 0.6 is 0 Å². The van der Waals surface area contributed by atoms with Crippen molar-refractivity contribution in [1.82, 2.24) is 5.32 Å². The van der Waals surface area contributed by atoms with E-state index in [2.05, 4.69) is 23.5 Å². The largest absolute Gasteiger partial charge is 0.473 e. The van der Waals surface area contributed by atoms with Crippen molar-refractivity contribution in [1.29, 1.82) is 0 Å². The molecular weight excluding hydrogens is 210 g/mol. The molecule has 0 aliphatic heterocycles. The molecule has 0 aromatic rings. The Bertz CT molecular complexity index is 282. The van der Waals surface area contributed by atoms with E-state index in [4.69, 9.17) is 19.8 Å². The summed E-state index contributed by atoms with van der Waals surface area (Å²) in [5.74, 6) is -3.65. The molecule has 1 aliphatic rings. The minimum absolute atomic E-state index is 1.14. The summed E-state index contributed by atoms with van der Waals surface area (Å²) < 4.78 is 0. The van der Waals surface area contributed by atoms with Crippen LogP contribution in [0.1, 0.15) is 19.3 Å². The fraction of sp³-hybridized carbons (Fsp3) is 0.455. The van der Waals surface area contributed by atoms with Crippen molar-refractivity contribution in [3.63, 3.8) is 0 Å². The molecule has 0 aromatic carbocycles. The van der Waals surface area contributed by atoms with Gasteiger partial charge in [0.15, 0.2) is 0 Å². The molecule has 1 aliphatic carbocycles. The molecule has 0 spiro atoms. The first-order valence-electron chi connectivity index (χ1n) is 5.03. The van der Waals surface area contributed by atoms with Crippen molar-refractivity contribution in [2.75, 3.05) is 13.6 Å². The Hall–Kier alpha value is -1.62. The van der Waals surface area contributed by atoms with Crippen molar-refractivity contribution in [2.45, 2.75) is 19.3 Å². The zero-order valence-electron chi connectivity index (χ0n) is 9.27. The summed E-state index contributed by atoms with van der Waals surface area (Å²) in [6, 6.07) is 0. The number of carboxylic acid groups (broad SMARTS) is 2. The Morgan fingerprint density at radius 1 is 1.38 bits per heavy atom. The minimum Gasteiger partial charge on any atom is -0.473 e. The molecule has 0 aromatic heterocycles. The van der Waals surface area contributed by atoms with Gasteiger partial charge in [-0.3, -0.25) is 0 Å². The summed E-state index contributed by atoms with van der Waals surface area (Å²) in [7, 11) is 2.00. The van der Waals surface area contributed by atoms with Gasteiger partial charge in [-0.05, 0) is 32.9 Å². The van der Waals surface area contributed by atoms with E-state index in [-0.39, 0.29) is 0 Å². The summed E-state index contributed by atoms with van der Waals surface area (Å²) in [6.45, 7) is 1.14. The maximum absolute atomic E-state index is 9.10. The van der Waals surface area contributed by atoms with Crippen LogP contribution in [0.4, 0.5) is 0 Å². The topological polar surface area (TPSA) is 86.6 Å². The highest BCUT2D eigenvalue weighted by Crippen LogP contribution is 2.15. The Morgan fingerprint density at radius 3 is 2.38 bits per heavy atom. The van der Waals surface area contributed by atoms with Crippen molar-refractivity contribution in [2.24, 2.45) is 0 Å². The van der Waals surface area contributed by atoms with E-state index in [0.29, 0.717) is 0 Å². The predicted molar refractivity (Wildman–Crippen MR) is 60.3 cm³/mol. The van der Waals surface area contributed by atoms with Gasteiger partial charge in [0.2, 0.25) is 0 Å². The Morgan fingerprint density at radius 2 is 2.00 bits per heavy atom. The second kappa shape index (κ2) is 8.67. The third-order valence-corrected chi connectivity index (χ3v) is 1.96. The van der Waals surface area contributed by atoms with Crippen LogP contribution in [0.15, 0.2) is 23.8 Å². The number of carbonyl (C=O) groups is 2. The first-order chi connectivity index (χ1) is 7.57. The molecule has 0 saturated heterocycles. The third-order valence-electron chi connectivity index (χ3n) is 1.96. The van der Waals surface area contributed by atoms with Gasteiger partial charge in [-0.1, -0.05) is 23.8 Å². The van der Waals surface area contributed by atoms with Crippen molar-refractivity contribution < 1.29 is 19.8 Å². The van der Waals surface area contributed by atoms with Crippen LogP contribution < -0.4 is 5.32 Å². The monoisotopic (exact) mass is 227 g/mol. The summed E-state index contributed by atoms with van der Waals surface area (Å²) in [6.07, 6.45) is 10.3. The van der Waals surface area contributed by atoms with Gasteiger partial charge in [-0.25, -0.2) is 9.59 Å². The smallest absolute Gasteiger partial charge is 0.414 e. The van der Waals surface area contributed by atoms with E-state index in [1.54, 1.807) is 5.57 Å². The molecule has 0 atom stereocenters. The van der Waals surface area contributed by atoms with Gasteiger partial charge in [0.05, 0.1) is 0 Å². The lowest BCUT2D eigenvalue weighted by Crippen LogP contribution is -2.09. The molecule has 0 bridgehead atoms. The van der Waals surface area contributed by atoms with Crippen molar-refractivity contribution in [3.8, 4) is 0 Å². The predicted octanol–water partition coefficient (Wildman–Crippen LogP) is 1.03. The molecule has 16 heavy (non-hydrogen) atoms. The Kier molecular flexibility index (Phi) is 7.79. The molecule has 5 nitrogen and oxygen atoms in total. The highest BCUT2D eigenvalue weighted by atomic mass is 16.4. The maximum Gasteiger partial charge on any atom is 0.414 e. The van der Waals surface area contributed by atoms with Crippen LogP contribution in [0.25, 0.3) is 0 Å². The number of aliphatic carboxylic acids is 2. The Labute approximate surface area is 94.5 Å². The number of hydrogen-bond acceptors (Lipinski definition) is 3. The van der Waals surface area contributed by atoms with E-state index in [1.807, 2.05) is 7.05 Å². The standard InChI is InChI=1S/C9H15N.C2H2O4/c1-10-8-4-7-9-5-2-3-6-9;3-1(4)2(5)6/h2-3,5,10H,4,6-8H2,1H3;(H,3,4)(H,5,6). The zero-order chi connectivity index (χ0) is 12.4. The van der Waals surface area contributed by atoms with Crippen LogP contribution in [0.3, 0.4) is 0 Å². The molecule has 1 rings (SSSR count). The van der Waals surface area contributed by atoms with Gasteiger partial charge < -0.3 is 15.5 Å². The first-order valence-corrected chi connectivity index (χ1v) is 5.03. The second-order valence-electron chi connectivity index (χ2n) is 3.27. The molecule has 90 valence electrons. The maximum atomic E-state index is 9.10. The number of rotatable bonds is 4. The van der Waals surface area contributed by atoms with Gasteiger partial charge in [0.25, 0.3) is 0 Å². The SMILES string of the molecule is CNCCCC1=CC=CC1.O=C(O)C(=O)O. The van der Waals surface area contributed by atoms with Crippen LogP contribution in [-0.2, 0) is 9.59 Å². The zero-order valence-corrected chi connectivity index (χ0v) is 9.27. The van der Waals surface area contributed by atoms with E-state index in [9.17, 15) is 0 Å². The van der Waals surface area contributed by atoms with Gasteiger partial charge in [0.1, 0.15) is 0 Å². The summed E-state index contributed by atoms with van der Waals surface area (Å²) >= 11 is 0. The minimum atomic E-state index is -1.82. The van der Waals surface area contributed by atoms with Crippen LogP contribution in [0.5, 0.6) is 0 Å². The number of carboxylic acids is 2. The van der Waals surface area contributed by atoms with Gasteiger partial charge in [-0.15, -0.1) is 0 Å². The molecule has 5 heteroatoms. The quantitative estimate of drug-likeness (QED) is 0.493. The molecule has 0 unspecified atom stereocenters. The van der Waals surface area contributed by atoms with E-state index in [1.165, 1.54) is 19.3 Å². The Balaban J connectivity index is 0.000000325. The lowest BCUT2D eigenvalue weighted by atomic mass is 10.1. The molecule has 0 saturated carbocycles. The lowest BCUT2D eigenvalue weighted by molar-refractivity contribution is -0.159. The van der Waals surface area contributed by atoms with Crippen LogP contribution in [0.2, 0.25) is 0 Å². The number of allylic oxidation sites excluding steroid dienone is 4. The highest BCUT2D eigenvalue weighted by molar-refractivity contribution is 6.27. The normalized spacial score (nSPS) is 12.7. The van der Waals surface area contributed by atoms with Crippen molar-refractivity contribution in [3.05, 3.63) is 23.8 Å². The summed E-state index contributed by atoms with van der Waals surface area (Å²) in [5.41, 5.74) is 1.58. The fourth-order valence-corrected chi connectivity index (χ4v) is 1.17. The average Bonchev–Trinajstić information content (AvgIpc) is 2.72. The third kappa shape index (κ3) is 7.75. The van der Waals surface area contributed by atoms with E-state index < -0.39 is 11.9 Å². The summed E-state index contributed by atoms with van der Waals surface area (Å²) in [5, 5.41) is 17.9. The molecule has 0 fully saturated rings. The molecular formula is C11H17NO4. The molecule has 0 heterocycles. The van der Waals surface area contributed by atoms with Crippen LogP contribution in [-0.4, -0.2) is 35.7 Å². The van der Waals surface area contributed by atoms with E-state index >= 15 is 0 Å². The fourth-order valence-electron chi connectivity index (χ4n) is 1.17. The van der Waals surface area contributed by atoms with Gasteiger partial charge in [0, 0.05) is 0 Å². The van der Waals surface area contributed by atoms with Gasteiger partial charge in [-0.2, -0.15) is 0 Å². The average molecular weight is 227 g/mol.